The number of amides is 1. The fourth-order valence-electron chi connectivity index (χ4n) is 3.43. The zero-order valence-corrected chi connectivity index (χ0v) is 20.5. The van der Waals surface area contributed by atoms with Gasteiger partial charge in [0.2, 0.25) is 0 Å². The summed E-state index contributed by atoms with van der Waals surface area (Å²) >= 11 is 0. The van der Waals surface area contributed by atoms with E-state index >= 15 is 0 Å². The first-order chi connectivity index (χ1) is 14.8. The minimum absolute atomic E-state index is 0.0109. The molecular formula is C20H34BN3O7S. The van der Waals surface area contributed by atoms with Crippen LogP contribution in [0.3, 0.4) is 0 Å². The van der Waals surface area contributed by atoms with Gasteiger partial charge in [0, 0.05) is 43.7 Å². The minimum Gasteiger partial charge on any atom is -0.399 e. The molecule has 2 atom stereocenters. The van der Waals surface area contributed by atoms with Crippen molar-refractivity contribution in [2.75, 3.05) is 12.9 Å². The van der Waals surface area contributed by atoms with Crippen LogP contribution in [0.15, 0.2) is 12.4 Å². The summed E-state index contributed by atoms with van der Waals surface area (Å²) in [6.07, 6.45) is 6.37. The largest absolute Gasteiger partial charge is 0.498 e. The smallest absolute Gasteiger partial charge is 0.399 e. The van der Waals surface area contributed by atoms with Gasteiger partial charge in [0.1, 0.15) is 0 Å². The summed E-state index contributed by atoms with van der Waals surface area (Å²) in [5.74, 6) is -0.729. The first kappa shape index (κ1) is 25.2. The average Bonchev–Trinajstić information content (AvgIpc) is 3.26. The van der Waals surface area contributed by atoms with Crippen LogP contribution in [-0.4, -0.2) is 66.3 Å². The van der Waals surface area contributed by atoms with Crippen molar-refractivity contribution in [2.24, 2.45) is 0 Å². The maximum atomic E-state index is 12.8. The predicted octanol–water partition coefficient (Wildman–Crippen LogP) is 0.950. The van der Waals surface area contributed by atoms with Crippen molar-refractivity contribution >= 4 is 28.3 Å². The van der Waals surface area contributed by atoms with Gasteiger partial charge in [0.15, 0.2) is 20.9 Å². The minimum atomic E-state index is -3.75. The van der Waals surface area contributed by atoms with Crippen molar-refractivity contribution in [1.29, 1.82) is 0 Å². The molecule has 0 radical (unpaired) electrons. The Labute approximate surface area is 190 Å². The van der Waals surface area contributed by atoms with Crippen molar-refractivity contribution in [3.8, 4) is 0 Å². The zero-order chi connectivity index (χ0) is 23.8. The molecule has 0 spiro atoms. The van der Waals surface area contributed by atoms with E-state index in [4.69, 9.17) is 18.9 Å². The summed E-state index contributed by atoms with van der Waals surface area (Å²) < 4.78 is 42.4. The highest BCUT2D eigenvalue weighted by Gasteiger charge is 2.52. The number of carbonyl (C=O) groups excluding carboxylic acids is 1. The number of aryl methyl sites for hydroxylation is 1. The van der Waals surface area contributed by atoms with Gasteiger partial charge in [-0.15, -0.1) is 0 Å². The van der Waals surface area contributed by atoms with E-state index in [0.29, 0.717) is 13.0 Å². The molecule has 2 saturated heterocycles. The van der Waals surface area contributed by atoms with Crippen molar-refractivity contribution in [2.45, 2.75) is 89.1 Å². The Kier molecular flexibility index (Phi) is 7.12. The Bertz CT molecular complexity index is 911. The summed E-state index contributed by atoms with van der Waals surface area (Å²) in [6.45, 7) is 10.0. The van der Waals surface area contributed by atoms with Gasteiger partial charge in [-0.05, 0) is 53.9 Å². The van der Waals surface area contributed by atoms with Gasteiger partial charge in [-0.25, -0.2) is 18.7 Å². The van der Waals surface area contributed by atoms with Gasteiger partial charge < -0.3 is 14.0 Å². The molecule has 32 heavy (non-hydrogen) atoms. The predicted molar refractivity (Wildman–Crippen MR) is 119 cm³/mol. The molecule has 3 rings (SSSR count). The lowest BCUT2D eigenvalue weighted by Crippen LogP contribution is -2.51. The van der Waals surface area contributed by atoms with Gasteiger partial charge in [-0.1, -0.05) is 0 Å². The molecule has 0 aliphatic carbocycles. The van der Waals surface area contributed by atoms with Crippen LogP contribution in [0.2, 0.25) is 0 Å². The number of sulfone groups is 1. The van der Waals surface area contributed by atoms with Crippen molar-refractivity contribution in [3.63, 3.8) is 0 Å². The second-order valence-corrected chi connectivity index (χ2v) is 12.2. The van der Waals surface area contributed by atoms with Crippen LogP contribution < -0.4 is 10.9 Å². The molecule has 0 aromatic carbocycles. The quantitative estimate of drug-likeness (QED) is 0.440. The Balaban J connectivity index is 1.64. The van der Waals surface area contributed by atoms with Crippen LogP contribution in [0, 0.1) is 0 Å². The fourth-order valence-corrected chi connectivity index (χ4v) is 4.27. The lowest BCUT2D eigenvalue weighted by molar-refractivity contribution is -0.201. The molecule has 2 fully saturated rings. The van der Waals surface area contributed by atoms with E-state index in [9.17, 15) is 13.2 Å². The monoisotopic (exact) mass is 471 g/mol. The molecule has 1 aromatic rings. The molecule has 12 heteroatoms. The average molecular weight is 471 g/mol. The summed E-state index contributed by atoms with van der Waals surface area (Å²) in [6, 6.07) is 0. The third kappa shape index (κ3) is 5.19. The Hall–Kier alpha value is -1.47. The second kappa shape index (κ2) is 9.05. The van der Waals surface area contributed by atoms with Crippen molar-refractivity contribution < 1.29 is 32.1 Å². The number of hydrogen-bond donors (Lipinski definition) is 1. The first-order valence-corrected chi connectivity index (χ1v) is 12.8. The number of ether oxygens (including phenoxy) is 1. The fraction of sp³-hybridized carbons (Fsp3) is 0.800. The molecule has 1 aromatic heterocycles. The lowest BCUT2D eigenvalue weighted by atomic mass is 9.82. The number of hydrogen-bond acceptors (Lipinski definition) is 8. The number of carbonyl (C=O) groups is 1. The van der Waals surface area contributed by atoms with Crippen LogP contribution in [0.4, 0.5) is 0 Å². The summed E-state index contributed by atoms with van der Waals surface area (Å²) in [5.41, 5.74) is 2.06. The van der Waals surface area contributed by atoms with E-state index < -0.39 is 45.1 Å². The molecule has 2 aliphatic rings. The summed E-state index contributed by atoms with van der Waals surface area (Å²) in [4.78, 5) is 18.1. The molecule has 1 N–H and O–H groups in total. The highest BCUT2D eigenvalue weighted by atomic mass is 32.2. The maximum Gasteiger partial charge on any atom is 0.498 e. The first-order valence-electron chi connectivity index (χ1n) is 10.9. The van der Waals surface area contributed by atoms with Gasteiger partial charge in [0.25, 0.3) is 5.91 Å². The summed E-state index contributed by atoms with van der Waals surface area (Å²) in [7, 11) is -4.32. The lowest BCUT2D eigenvalue weighted by Gasteiger charge is -2.32. The number of aromatic nitrogens is 2. The van der Waals surface area contributed by atoms with Crippen LogP contribution >= 0.6 is 0 Å². The van der Waals surface area contributed by atoms with Crippen LogP contribution in [-0.2, 0) is 40.1 Å². The number of hydroxylamine groups is 1. The topological polar surface area (TPSA) is 118 Å². The molecular weight excluding hydrogens is 437 g/mol. The number of nitrogens with one attached hydrogen (secondary N) is 1. The molecule has 180 valence electrons. The molecule has 3 heterocycles. The highest BCUT2D eigenvalue weighted by molar-refractivity contribution is 7.92. The summed E-state index contributed by atoms with van der Waals surface area (Å²) in [5, 5.41) is 4.30. The standard InChI is InChI=1S/C20H34BN3O7S/c1-18(2)19(3,4)31-21(30-18)15-13-22-24(14-15)11-10-20(5,32(6,26)27)17(25)23-29-16-9-7-8-12-28-16/h13-14,16H,7-12H2,1-6H3,(H,23,25). The van der Waals surface area contributed by atoms with Crippen LogP contribution in [0.5, 0.6) is 0 Å². The van der Waals surface area contributed by atoms with E-state index in [0.717, 1.165) is 24.6 Å². The van der Waals surface area contributed by atoms with E-state index in [1.807, 2.05) is 27.7 Å². The van der Waals surface area contributed by atoms with Crippen LogP contribution in [0.25, 0.3) is 0 Å². The molecule has 2 aliphatic heterocycles. The second-order valence-electron chi connectivity index (χ2n) is 9.72. The van der Waals surface area contributed by atoms with Gasteiger partial charge in [0.05, 0.1) is 11.2 Å². The molecule has 0 bridgehead atoms. The Morgan fingerprint density at radius 1 is 1.31 bits per heavy atom. The number of rotatable bonds is 8. The van der Waals surface area contributed by atoms with Gasteiger partial charge in [-0.3, -0.25) is 9.48 Å². The molecule has 10 nitrogen and oxygen atoms in total. The van der Waals surface area contributed by atoms with Crippen LogP contribution in [0.1, 0.15) is 60.3 Å². The van der Waals surface area contributed by atoms with E-state index in [1.54, 1.807) is 17.1 Å². The zero-order valence-electron chi connectivity index (χ0n) is 19.7. The Morgan fingerprint density at radius 2 is 1.97 bits per heavy atom. The molecule has 2 unspecified atom stereocenters. The van der Waals surface area contributed by atoms with E-state index in [2.05, 4.69) is 10.6 Å². The highest BCUT2D eigenvalue weighted by Crippen LogP contribution is 2.36. The third-order valence-electron chi connectivity index (χ3n) is 6.72. The molecule has 1 amide bonds. The van der Waals surface area contributed by atoms with Crippen molar-refractivity contribution in [3.05, 3.63) is 12.4 Å². The maximum absolute atomic E-state index is 12.8. The Morgan fingerprint density at radius 3 is 2.53 bits per heavy atom. The molecule has 0 saturated carbocycles. The van der Waals surface area contributed by atoms with E-state index in [-0.39, 0.29) is 13.0 Å². The van der Waals surface area contributed by atoms with Crippen molar-refractivity contribution in [1.82, 2.24) is 15.3 Å². The van der Waals surface area contributed by atoms with Gasteiger partial charge >= 0.3 is 7.12 Å². The SMILES string of the molecule is CC1(C)OB(c2cnn(CCC(C)(C(=O)NOC3CCCCO3)S(C)(=O)=O)c2)OC1(C)C. The van der Waals surface area contributed by atoms with E-state index in [1.165, 1.54) is 6.92 Å². The van der Waals surface area contributed by atoms with Gasteiger partial charge in [-0.2, -0.15) is 5.10 Å². The third-order valence-corrected chi connectivity index (χ3v) is 8.74. The normalized spacial score (nSPS) is 24.8. The number of nitrogens with zero attached hydrogens (tertiary/aromatic N) is 2.